The van der Waals surface area contributed by atoms with Gasteiger partial charge in [0.15, 0.2) is 0 Å². The van der Waals surface area contributed by atoms with Crippen LogP contribution in [-0.2, 0) is 6.54 Å². The van der Waals surface area contributed by atoms with Crippen LogP contribution in [0.1, 0.15) is 61.3 Å². The molecule has 4 heteroatoms. The molecule has 3 nitrogen and oxygen atoms in total. The van der Waals surface area contributed by atoms with E-state index in [9.17, 15) is 4.79 Å². The number of primary amides is 1. The zero-order valence-electron chi connectivity index (χ0n) is 11.0. The molecule has 1 amide bonds. The number of aromatic nitrogens is 1. The van der Waals surface area contributed by atoms with Crippen molar-refractivity contribution in [1.82, 2.24) is 4.57 Å². The Morgan fingerprint density at radius 2 is 2.06 bits per heavy atom. The normalized spacial score (nSPS) is 12.8. The van der Waals surface area contributed by atoms with Gasteiger partial charge < -0.3 is 10.3 Å². The van der Waals surface area contributed by atoms with Gasteiger partial charge in [-0.1, -0.05) is 32.4 Å². The summed E-state index contributed by atoms with van der Waals surface area (Å²) < 4.78 is 2.14. The standard InChI is InChI=1S/C13H21ClN2O/c1-5-7-16-9(4)10(13(15)17)11(14)12(16)8(3)6-2/h8H,5-7H2,1-4H3,(H2,15,17). The first-order chi connectivity index (χ1) is 7.95. The lowest BCUT2D eigenvalue weighted by Gasteiger charge is -2.15. The predicted molar refractivity (Wildman–Crippen MR) is 71.7 cm³/mol. The van der Waals surface area contributed by atoms with Crippen LogP contribution in [0.25, 0.3) is 0 Å². The largest absolute Gasteiger partial charge is 0.365 e. The zero-order chi connectivity index (χ0) is 13.2. The highest BCUT2D eigenvalue weighted by atomic mass is 35.5. The molecule has 1 unspecified atom stereocenters. The van der Waals surface area contributed by atoms with Crippen LogP contribution in [0.15, 0.2) is 0 Å². The molecule has 0 aliphatic rings. The number of nitrogens with zero attached hydrogens (tertiary/aromatic N) is 1. The van der Waals surface area contributed by atoms with E-state index in [1.165, 1.54) is 0 Å². The topological polar surface area (TPSA) is 48.0 Å². The Hall–Kier alpha value is -0.960. The first-order valence-corrected chi connectivity index (χ1v) is 6.51. The van der Waals surface area contributed by atoms with Crippen LogP contribution >= 0.6 is 11.6 Å². The number of carbonyl (C=O) groups excluding carboxylic acids is 1. The fraction of sp³-hybridized carbons (Fsp3) is 0.615. The molecule has 1 rings (SSSR count). The summed E-state index contributed by atoms with van der Waals surface area (Å²) in [7, 11) is 0. The number of hydrogen-bond acceptors (Lipinski definition) is 1. The van der Waals surface area contributed by atoms with Gasteiger partial charge in [0.2, 0.25) is 0 Å². The molecule has 1 aromatic rings. The number of halogens is 1. The van der Waals surface area contributed by atoms with E-state index in [1.807, 2.05) is 6.92 Å². The van der Waals surface area contributed by atoms with E-state index in [2.05, 4.69) is 25.3 Å². The molecule has 0 aliphatic heterocycles. The van der Waals surface area contributed by atoms with Gasteiger partial charge in [-0.2, -0.15) is 0 Å². The van der Waals surface area contributed by atoms with Gasteiger partial charge in [-0.05, 0) is 25.7 Å². The second-order valence-corrected chi connectivity index (χ2v) is 4.86. The van der Waals surface area contributed by atoms with Crippen molar-refractivity contribution in [3.05, 3.63) is 22.0 Å². The van der Waals surface area contributed by atoms with Crippen LogP contribution in [0.4, 0.5) is 0 Å². The van der Waals surface area contributed by atoms with Gasteiger partial charge in [-0.3, -0.25) is 4.79 Å². The third kappa shape index (κ3) is 2.49. The number of rotatable bonds is 5. The average Bonchev–Trinajstić information content (AvgIpc) is 2.50. The van der Waals surface area contributed by atoms with Crippen LogP contribution in [0.3, 0.4) is 0 Å². The smallest absolute Gasteiger partial charge is 0.252 e. The maximum Gasteiger partial charge on any atom is 0.252 e. The van der Waals surface area contributed by atoms with Gasteiger partial charge >= 0.3 is 0 Å². The minimum atomic E-state index is -0.438. The van der Waals surface area contributed by atoms with E-state index in [0.717, 1.165) is 30.8 Å². The van der Waals surface area contributed by atoms with Gasteiger partial charge in [-0.15, -0.1) is 0 Å². The molecule has 1 atom stereocenters. The minimum Gasteiger partial charge on any atom is -0.365 e. The molecule has 17 heavy (non-hydrogen) atoms. The first-order valence-electron chi connectivity index (χ1n) is 6.13. The summed E-state index contributed by atoms with van der Waals surface area (Å²) in [6.45, 7) is 9.13. The highest BCUT2D eigenvalue weighted by molar-refractivity contribution is 6.34. The van der Waals surface area contributed by atoms with Gasteiger partial charge in [0.25, 0.3) is 5.91 Å². The number of amides is 1. The van der Waals surface area contributed by atoms with Crippen LogP contribution in [0.2, 0.25) is 5.02 Å². The lowest BCUT2D eigenvalue weighted by atomic mass is 10.0. The molecular weight excluding hydrogens is 236 g/mol. The summed E-state index contributed by atoms with van der Waals surface area (Å²) in [5.74, 6) is -0.104. The summed E-state index contributed by atoms with van der Waals surface area (Å²) in [5.41, 5.74) is 7.81. The van der Waals surface area contributed by atoms with E-state index < -0.39 is 5.91 Å². The summed E-state index contributed by atoms with van der Waals surface area (Å²) in [6, 6.07) is 0. The molecule has 96 valence electrons. The highest BCUT2D eigenvalue weighted by Gasteiger charge is 2.24. The van der Waals surface area contributed by atoms with Crippen molar-refractivity contribution in [2.75, 3.05) is 0 Å². The molecule has 0 radical (unpaired) electrons. The predicted octanol–water partition coefficient (Wildman–Crippen LogP) is 3.47. The van der Waals surface area contributed by atoms with E-state index in [4.69, 9.17) is 17.3 Å². The maximum absolute atomic E-state index is 11.4. The van der Waals surface area contributed by atoms with Crippen molar-refractivity contribution in [3.8, 4) is 0 Å². The van der Waals surface area contributed by atoms with Crippen molar-refractivity contribution < 1.29 is 4.79 Å². The van der Waals surface area contributed by atoms with E-state index >= 15 is 0 Å². The lowest BCUT2D eigenvalue weighted by Crippen LogP contribution is -2.13. The first kappa shape index (κ1) is 14.1. The Labute approximate surface area is 108 Å². The fourth-order valence-electron chi connectivity index (χ4n) is 2.19. The second kappa shape index (κ2) is 5.58. The Morgan fingerprint density at radius 1 is 1.47 bits per heavy atom. The van der Waals surface area contributed by atoms with Crippen LogP contribution < -0.4 is 5.73 Å². The Bertz CT molecular complexity index is 424. The third-order valence-corrected chi connectivity index (χ3v) is 3.66. The molecule has 0 fully saturated rings. The highest BCUT2D eigenvalue weighted by Crippen LogP contribution is 2.34. The van der Waals surface area contributed by atoms with Gasteiger partial charge in [0.05, 0.1) is 10.6 Å². The fourth-order valence-corrected chi connectivity index (χ4v) is 2.71. The zero-order valence-corrected chi connectivity index (χ0v) is 11.8. The quantitative estimate of drug-likeness (QED) is 0.862. The maximum atomic E-state index is 11.4. The number of nitrogens with two attached hydrogens (primary N) is 1. The number of hydrogen-bond donors (Lipinski definition) is 1. The minimum absolute atomic E-state index is 0.334. The van der Waals surface area contributed by atoms with E-state index in [0.29, 0.717) is 16.5 Å². The molecule has 0 aromatic carbocycles. The molecule has 0 spiro atoms. The van der Waals surface area contributed by atoms with Gasteiger partial charge in [-0.25, -0.2) is 0 Å². The molecule has 0 saturated heterocycles. The molecule has 0 bridgehead atoms. The molecule has 0 saturated carbocycles. The van der Waals surface area contributed by atoms with Gasteiger partial charge in [0.1, 0.15) is 0 Å². The van der Waals surface area contributed by atoms with Crippen molar-refractivity contribution in [1.29, 1.82) is 0 Å². The second-order valence-electron chi connectivity index (χ2n) is 4.48. The molecule has 1 heterocycles. The van der Waals surface area contributed by atoms with E-state index in [1.54, 1.807) is 0 Å². The summed E-state index contributed by atoms with van der Waals surface area (Å²) in [5, 5.41) is 0.540. The molecular formula is C13H21ClN2O. The summed E-state index contributed by atoms with van der Waals surface area (Å²) in [6.07, 6.45) is 2.00. The third-order valence-electron chi connectivity index (χ3n) is 3.27. The van der Waals surface area contributed by atoms with Crippen LogP contribution in [0.5, 0.6) is 0 Å². The Morgan fingerprint density at radius 3 is 2.47 bits per heavy atom. The monoisotopic (exact) mass is 256 g/mol. The molecule has 2 N–H and O–H groups in total. The average molecular weight is 257 g/mol. The molecule has 1 aromatic heterocycles. The summed E-state index contributed by atoms with van der Waals surface area (Å²) in [4.78, 5) is 11.4. The van der Waals surface area contributed by atoms with Crippen molar-refractivity contribution >= 4 is 17.5 Å². The van der Waals surface area contributed by atoms with Crippen molar-refractivity contribution in [2.24, 2.45) is 5.73 Å². The van der Waals surface area contributed by atoms with Crippen LogP contribution in [0, 0.1) is 6.92 Å². The number of carbonyl (C=O) groups is 1. The van der Waals surface area contributed by atoms with Crippen molar-refractivity contribution in [3.63, 3.8) is 0 Å². The summed E-state index contributed by atoms with van der Waals surface area (Å²) >= 11 is 6.32. The van der Waals surface area contributed by atoms with E-state index in [-0.39, 0.29) is 0 Å². The molecule has 0 aliphatic carbocycles. The van der Waals surface area contributed by atoms with Crippen molar-refractivity contribution in [2.45, 2.75) is 53.0 Å². The Kier molecular flexibility index (Phi) is 4.63. The Balaban J connectivity index is 3.44. The lowest BCUT2D eigenvalue weighted by molar-refractivity contribution is 0.0999. The van der Waals surface area contributed by atoms with Gasteiger partial charge in [0, 0.05) is 17.9 Å². The SMILES string of the molecule is CCCn1c(C)c(C(N)=O)c(Cl)c1C(C)CC. The van der Waals surface area contributed by atoms with Crippen LogP contribution in [-0.4, -0.2) is 10.5 Å².